The van der Waals surface area contributed by atoms with Crippen molar-refractivity contribution in [3.63, 3.8) is 0 Å². The van der Waals surface area contributed by atoms with Gasteiger partial charge in [-0.15, -0.1) is 0 Å². The summed E-state index contributed by atoms with van der Waals surface area (Å²) in [6.07, 6.45) is -5.92. The van der Waals surface area contributed by atoms with Gasteiger partial charge in [-0.2, -0.15) is 8.42 Å². The quantitative estimate of drug-likeness (QED) is 0.285. The maximum atomic E-state index is 11.8. The van der Waals surface area contributed by atoms with Gasteiger partial charge >= 0.3 is 17.9 Å². The highest BCUT2D eigenvalue weighted by atomic mass is 32.2. The second-order valence-electron chi connectivity index (χ2n) is 5.26. The number of ether oxygens (including phenoxy) is 4. The van der Waals surface area contributed by atoms with Gasteiger partial charge < -0.3 is 24.7 Å². The predicted octanol–water partition coefficient (Wildman–Crippen LogP) is -2.03. The van der Waals surface area contributed by atoms with Crippen LogP contribution in [0.2, 0.25) is 0 Å². The first-order chi connectivity index (χ1) is 11.9. The van der Waals surface area contributed by atoms with Crippen LogP contribution in [0.4, 0.5) is 0 Å². The lowest BCUT2D eigenvalue weighted by Crippen LogP contribution is -2.58. The molecule has 2 N–H and O–H groups in total. The SMILES string of the molecule is CC(=O)O[C@H]1[C@H](OS(=O)(=O)CC(N)=O)OC[C@@H](OC(C)=O)[C@H]1OC(C)=O. The molecule has 0 spiro atoms. The van der Waals surface area contributed by atoms with Gasteiger partial charge in [0.1, 0.15) is 0 Å². The van der Waals surface area contributed by atoms with Crippen molar-refractivity contribution < 1.29 is 50.7 Å². The molecule has 26 heavy (non-hydrogen) atoms. The minimum atomic E-state index is -4.48. The smallest absolute Gasteiger partial charge is 0.303 e. The highest BCUT2D eigenvalue weighted by Gasteiger charge is 2.49. The molecule has 1 fully saturated rings. The van der Waals surface area contributed by atoms with Gasteiger partial charge in [-0.3, -0.25) is 19.2 Å². The van der Waals surface area contributed by atoms with Crippen molar-refractivity contribution in [2.45, 2.75) is 45.4 Å². The summed E-state index contributed by atoms with van der Waals surface area (Å²) in [5.41, 5.74) is 4.82. The van der Waals surface area contributed by atoms with Crippen molar-refractivity contribution >= 4 is 33.9 Å². The van der Waals surface area contributed by atoms with Crippen molar-refractivity contribution in [3.8, 4) is 0 Å². The second kappa shape index (κ2) is 8.91. The predicted molar refractivity (Wildman–Crippen MR) is 80.5 cm³/mol. The second-order valence-corrected chi connectivity index (χ2v) is 6.86. The molecule has 0 saturated carbocycles. The summed E-state index contributed by atoms with van der Waals surface area (Å²) in [5.74, 6) is -4.76. The summed E-state index contributed by atoms with van der Waals surface area (Å²) in [6.45, 7) is 2.72. The van der Waals surface area contributed by atoms with Crippen LogP contribution in [0.3, 0.4) is 0 Å². The van der Waals surface area contributed by atoms with Crippen LogP contribution < -0.4 is 5.73 Å². The zero-order valence-corrected chi connectivity index (χ0v) is 15.0. The number of carbonyl (C=O) groups excluding carboxylic acids is 4. The fourth-order valence-electron chi connectivity index (χ4n) is 2.14. The van der Waals surface area contributed by atoms with E-state index in [2.05, 4.69) is 0 Å². The molecule has 0 aromatic carbocycles. The number of rotatable bonds is 7. The molecule has 4 atom stereocenters. The molecule has 1 aliphatic heterocycles. The number of hydrogen-bond donors (Lipinski definition) is 1. The normalized spacial score (nSPS) is 25.8. The molecule has 0 radical (unpaired) electrons. The van der Waals surface area contributed by atoms with Gasteiger partial charge in [0.15, 0.2) is 24.1 Å². The molecule has 0 aliphatic carbocycles. The molecule has 1 heterocycles. The highest BCUT2D eigenvalue weighted by molar-refractivity contribution is 7.87. The van der Waals surface area contributed by atoms with Gasteiger partial charge in [0, 0.05) is 20.8 Å². The van der Waals surface area contributed by atoms with Crippen LogP contribution in [0.15, 0.2) is 0 Å². The van der Waals surface area contributed by atoms with E-state index in [1.807, 2.05) is 0 Å². The molecule has 13 heteroatoms. The lowest BCUT2D eigenvalue weighted by atomic mass is 10.0. The molecule has 1 saturated heterocycles. The minimum Gasteiger partial charge on any atom is -0.456 e. The van der Waals surface area contributed by atoms with Crippen LogP contribution in [0.5, 0.6) is 0 Å². The molecule has 12 nitrogen and oxygen atoms in total. The van der Waals surface area contributed by atoms with Crippen LogP contribution in [-0.4, -0.2) is 69.2 Å². The summed E-state index contributed by atoms with van der Waals surface area (Å²) >= 11 is 0. The molecule has 0 aromatic heterocycles. The molecule has 0 bridgehead atoms. The summed E-state index contributed by atoms with van der Waals surface area (Å²) in [6, 6.07) is 0. The molecule has 0 aromatic rings. The third kappa shape index (κ3) is 6.93. The van der Waals surface area contributed by atoms with Crippen molar-refractivity contribution in [1.82, 2.24) is 0 Å². The van der Waals surface area contributed by atoms with Gasteiger partial charge in [-0.05, 0) is 0 Å². The first-order valence-corrected chi connectivity index (χ1v) is 8.81. The zero-order chi connectivity index (χ0) is 20.1. The van der Waals surface area contributed by atoms with Gasteiger partial charge in [0.25, 0.3) is 10.1 Å². The van der Waals surface area contributed by atoms with Crippen molar-refractivity contribution in [1.29, 1.82) is 0 Å². The van der Waals surface area contributed by atoms with E-state index < -0.39 is 70.9 Å². The van der Waals surface area contributed by atoms with Crippen molar-refractivity contribution in [2.24, 2.45) is 5.73 Å². The largest absolute Gasteiger partial charge is 0.456 e. The number of primary amides is 1. The van der Waals surface area contributed by atoms with Crippen LogP contribution in [0.1, 0.15) is 20.8 Å². The average Bonchev–Trinajstić information content (AvgIpc) is 2.42. The van der Waals surface area contributed by atoms with E-state index in [9.17, 15) is 27.6 Å². The monoisotopic (exact) mass is 397 g/mol. The fourth-order valence-corrected chi connectivity index (χ4v) is 3.01. The average molecular weight is 397 g/mol. The summed E-state index contributed by atoms with van der Waals surface area (Å²) in [7, 11) is -4.48. The molecule has 1 rings (SSSR count). The van der Waals surface area contributed by atoms with E-state index in [1.54, 1.807) is 0 Å². The Morgan fingerprint density at radius 3 is 1.92 bits per heavy atom. The molecule has 1 amide bonds. The van der Waals surface area contributed by atoms with E-state index in [1.165, 1.54) is 0 Å². The topological polar surface area (TPSA) is 175 Å². The molecule has 0 unspecified atom stereocenters. The van der Waals surface area contributed by atoms with Crippen molar-refractivity contribution in [2.75, 3.05) is 12.4 Å². The lowest BCUT2D eigenvalue weighted by molar-refractivity contribution is -0.259. The lowest BCUT2D eigenvalue weighted by Gasteiger charge is -2.39. The Kier molecular flexibility index (Phi) is 7.47. The fraction of sp³-hybridized carbons (Fsp3) is 0.692. The number of hydrogen-bond acceptors (Lipinski definition) is 11. The molecular formula is C13H19NO11S. The van der Waals surface area contributed by atoms with E-state index in [4.69, 9.17) is 28.9 Å². The number of amides is 1. The van der Waals surface area contributed by atoms with Crippen LogP contribution >= 0.6 is 0 Å². The van der Waals surface area contributed by atoms with Gasteiger partial charge in [0.2, 0.25) is 12.2 Å². The van der Waals surface area contributed by atoms with Gasteiger partial charge in [-0.25, -0.2) is 4.18 Å². The summed E-state index contributed by atoms with van der Waals surface area (Å²) < 4.78 is 48.3. The van der Waals surface area contributed by atoms with Crippen molar-refractivity contribution in [3.05, 3.63) is 0 Å². The van der Waals surface area contributed by atoms with Gasteiger partial charge in [-0.1, -0.05) is 0 Å². The highest BCUT2D eigenvalue weighted by Crippen LogP contribution is 2.26. The van der Waals surface area contributed by atoms with E-state index in [-0.39, 0.29) is 0 Å². The molecular weight excluding hydrogens is 378 g/mol. The Balaban J connectivity index is 3.13. The summed E-state index contributed by atoms with van der Waals surface area (Å²) in [5, 5.41) is 0. The Labute approximate surface area is 149 Å². The zero-order valence-electron chi connectivity index (χ0n) is 14.2. The minimum absolute atomic E-state index is 0.425. The maximum absolute atomic E-state index is 11.8. The first kappa shape index (κ1) is 21.8. The third-order valence-electron chi connectivity index (χ3n) is 2.87. The standard InChI is InChI=1S/C13H19NO11S/c1-6(15)22-9-4-21-13(25-26(19,20)5-10(14)18)12(24-8(3)17)11(9)23-7(2)16/h9,11-13H,4-5H2,1-3H3,(H2,14,18)/t9-,11-,12-,13+/m1/s1. The number of carbonyl (C=O) groups is 4. The molecule has 148 valence electrons. The van der Waals surface area contributed by atoms with Crippen LogP contribution in [0.25, 0.3) is 0 Å². The maximum Gasteiger partial charge on any atom is 0.303 e. The van der Waals surface area contributed by atoms with E-state index >= 15 is 0 Å². The molecule has 1 aliphatic rings. The first-order valence-electron chi connectivity index (χ1n) is 7.24. The van der Waals surface area contributed by atoms with E-state index in [0.29, 0.717) is 0 Å². The third-order valence-corrected chi connectivity index (χ3v) is 3.99. The number of nitrogens with two attached hydrogens (primary N) is 1. The Hall–Kier alpha value is -2.25. The Morgan fingerprint density at radius 2 is 1.46 bits per heavy atom. The van der Waals surface area contributed by atoms with E-state index in [0.717, 1.165) is 20.8 Å². The van der Waals surface area contributed by atoms with Gasteiger partial charge in [0.05, 0.1) is 6.61 Å². The van der Waals surface area contributed by atoms with Crippen LogP contribution in [0, 0.1) is 0 Å². The Morgan fingerprint density at radius 1 is 0.962 bits per heavy atom. The number of esters is 3. The van der Waals surface area contributed by atoms with Crippen LogP contribution in [-0.2, 0) is 52.4 Å². The summed E-state index contributed by atoms with van der Waals surface area (Å²) in [4.78, 5) is 44.7. The Bertz CT molecular complexity index is 674.